The van der Waals surface area contributed by atoms with Gasteiger partial charge in [-0.25, -0.2) is 0 Å². The van der Waals surface area contributed by atoms with Crippen LogP contribution in [0.3, 0.4) is 0 Å². The molecule has 1 fully saturated rings. The lowest BCUT2D eigenvalue weighted by molar-refractivity contribution is -0.139. The van der Waals surface area contributed by atoms with Crippen molar-refractivity contribution in [3.63, 3.8) is 0 Å². The van der Waals surface area contributed by atoms with Crippen LogP contribution < -0.4 is 14.2 Å². The number of carbonyl (C=O) groups is 2. The summed E-state index contributed by atoms with van der Waals surface area (Å²) >= 11 is 0. The van der Waals surface area contributed by atoms with Gasteiger partial charge < -0.3 is 14.2 Å². The molecule has 0 unspecified atom stereocenters. The van der Waals surface area contributed by atoms with Crippen LogP contribution in [0, 0.1) is 12.8 Å². The van der Waals surface area contributed by atoms with Crippen LogP contribution in [-0.4, -0.2) is 18.9 Å². The lowest BCUT2D eigenvalue weighted by Crippen LogP contribution is -2.22. The zero-order valence-corrected chi connectivity index (χ0v) is 16.7. The van der Waals surface area contributed by atoms with Gasteiger partial charge in [-0.15, -0.1) is 0 Å². The minimum atomic E-state index is -0.192. The Labute approximate surface area is 170 Å². The van der Waals surface area contributed by atoms with Crippen LogP contribution in [0.15, 0.2) is 42.2 Å². The molecule has 0 saturated heterocycles. The van der Waals surface area contributed by atoms with Crippen molar-refractivity contribution in [1.29, 1.82) is 0 Å². The van der Waals surface area contributed by atoms with Gasteiger partial charge in [0.25, 0.3) is 0 Å². The zero-order valence-electron chi connectivity index (χ0n) is 16.7. The molecule has 1 aliphatic heterocycles. The summed E-state index contributed by atoms with van der Waals surface area (Å²) in [7, 11) is 1.61. The Hall–Kier alpha value is -3.08. The average molecular weight is 392 g/mol. The molecule has 5 heteroatoms. The Bertz CT molecular complexity index is 966. The number of Topliss-reactive ketones (excluding diaryl/α,β-unsaturated/α-hetero) is 1. The molecular formula is C24H24O5. The fourth-order valence-corrected chi connectivity index (χ4v) is 3.93. The third-order valence-corrected chi connectivity index (χ3v) is 5.51. The van der Waals surface area contributed by atoms with E-state index in [1.165, 1.54) is 6.42 Å². The molecule has 0 radical (unpaired) electrons. The van der Waals surface area contributed by atoms with Gasteiger partial charge in [0.1, 0.15) is 17.2 Å². The maximum atomic E-state index is 12.8. The summed E-state index contributed by atoms with van der Waals surface area (Å²) < 4.78 is 16.6. The molecule has 0 N–H and O–H groups in total. The van der Waals surface area contributed by atoms with Gasteiger partial charge in [0, 0.05) is 6.07 Å². The van der Waals surface area contributed by atoms with Crippen molar-refractivity contribution in [3.05, 3.63) is 58.8 Å². The monoisotopic (exact) mass is 392 g/mol. The fourth-order valence-electron chi connectivity index (χ4n) is 3.93. The Morgan fingerprint density at radius 2 is 1.79 bits per heavy atom. The van der Waals surface area contributed by atoms with Gasteiger partial charge in [-0.2, -0.15) is 0 Å². The number of fused-ring (bicyclic) bond motifs is 1. The second kappa shape index (κ2) is 8.11. The lowest BCUT2D eigenvalue weighted by Gasteiger charge is -2.20. The molecule has 4 rings (SSSR count). The van der Waals surface area contributed by atoms with Crippen molar-refractivity contribution in [2.75, 3.05) is 7.11 Å². The number of hydrogen-bond acceptors (Lipinski definition) is 5. The molecule has 0 spiro atoms. The third-order valence-electron chi connectivity index (χ3n) is 5.51. The highest BCUT2D eigenvalue weighted by Crippen LogP contribution is 2.38. The fraction of sp³-hybridized carbons (Fsp3) is 0.333. The smallest absolute Gasteiger partial charge is 0.314 e. The molecule has 2 aromatic carbocycles. The summed E-state index contributed by atoms with van der Waals surface area (Å²) in [6.07, 6.45) is 6.79. The van der Waals surface area contributed by atoms with Gasteiger partial charge in [-0.05, 0) is 55.2 Å². The first-order valence-electron chi connectivity index (χ1n) is 10.00. The number of esters is 1. The summed E-state index contributed by atoms with van der Waals surface area (Å²) in [5.74, 6) is 1.46. The van der Waals surface area contributed by atoms with E-state index in [9.17, 15) is 9.59 Å². The first-order valence-corrected chi connectivity index (χ1v) is 10.00. The minimum Gasteiger partial charge on any atom is -0.497 e. The molecule has 0 amide bonds. The molecule has 0 atom stereocenters. The van der Waals surface area contributed by atoms with Crippen LogP contribution in [0.2, 0.25) is 0 Å². The number of carbonyl (C=O) groups excluding carboxylic acids is 2. The Morgan fingerprint density at radius 1 is 1.07 bits per heavy atom. The third kappa shape index (κ3) is 4.04. The van der Waals surface area contributed by atoms with Gasteiger partial charge in [0.2, 0.25) is 5.78 Å². The van der Waals surface area contributed by atoms with Crippen LogP contribution in [0.4, 0.5) is 0 Å². The van der Waals surface area contributed by atoms with Crippen molar-refractivity contribution in [2.24, 2.45) is 5.92 Å². The van der Waals surface area contributed by atoms with Gasteiger partial charge in [-0.3, -0.25) is 9.59 Å². The number of benzene rings is 2. The first kappa shape index (κ1) is 19.2. The van der Waals surface area contributed by atoms with Crippen LogP contribution in [0.5, 0.6) is 17.2 Å². The van der Waals surface area contributed by atoms with E-state index in [0.29, 0.717) is 17.1 Å². The number of hydrogen-bond donors (Lipinski definition) is 0. The molecule has 5 nitrogen and oxygen atoms in total. The van der Waals surface area contributed by atoms with E-state index in [4.69, 9.17) is 14.2 Å². The normalized spacial score (nSPS) is 17.7. The highest BCUT2D eigenvalue weighted by Gasteiger charge is 2.31. The number of ether oxygens (including phenoxy) is 3. The van der Waals surface area contributed by atoms with Gasteiger partial charge >= 0.3 is 5.97 Å². The van der Waals surface area contributed by atoms with Crippen LogP contribution in [-0.2, 0) is 4.79 Å². The van der Waals surface area contributed by atoms with Crippen LogP contribution in [0.25, 0.3) is 6.08 Å². The van der Waals surface area contributed by atoms with Crippen molar-refractivity contribution < 1.29 is 23.8 Å². The van der Waals surface area contributed by atoms with E-state index in [2.05, 4.69) is 0 Å². The largest absolute Gasteiger partial charge is 0.497 e. The Kier molecular flexibility index (Phi) is 5.38. The number of methoxy groups -OCH3 is 1. The molecule has 150 valence electrons. The maximum Gasteiger partial charge on any atom is 0.314 e. The standard InChI is InChI=1S/C24H24O5/c1-15-12-19(28-24(26)17-6-4-3-5-7-17)14-20-22(15)23(25)21(29-20)13-16-8-10-18(27-2)11-9-16/h8-14,17H,3-7H2,1-2H3/b21-13-. The molecule has 2 aromatic rings. The molecule has 1 heterocycles. The second-order valence-corrected chi connectivity index (χ2v) is 7.58. The number of allylic oxidation sites excluding steroid dienone is 1. The van der Waals surface area contributed by atoms with Crippen molar-refractivity contribution in [3.8, 4) is 17.2 Å². The first-order chi connectivity index (χ1) is 14.0. The predicted octanol–water partition coefficient (Wildman–Crippen LogP) is 5.11. The van der Waals surface area contributed by atoms with E-state index in [0.717, 1.165) is 42.6 Å². The minimum absolute atomic E-state index is 0.0367. The second-order valence-electron chi connectivity index (χ2n) is 7.58. The summed E-state index contributed by atoms with van der Waals surface area (Å²) in [5, 5.41) is 0. The Balaban J connectivity index is 1.54. The van der Waals surface area contributed by atoms with Gasteiger partial charge in [0.05, 0.1) is 18.6 Å². The quantitative estimate of drug-likeness (QED) is 0.411. The Morgan fingerprint density at radius 3 is 2.48 bits per heavy atom. The highest BCUT2D eigenvalue weighted by molar-refractivity contribution is 6.15. The number of rotatable bonds is 4. The highest BCUT2D eigenvalue weighted by atomic mass is 16.5. The molecule has 1 aliphatic carbocycles. The zero-order chi connectivity index (χ0) is 20.4. The molecule has 0 bridgehead atoms. The summed E-state index contributed by atoms with van der Waals surface area (Å²) in [4.78, 5) is 25.2. The van der Waals surface area contributed by atoms with E-state index in [-0.39, 0.29) is 23.4 Å². The van der Waals surface area contributed by atoms with E-state index < -0.39 is 0 Å². The van der Waals surface area contributed by atoms with Gasteiger partial charge in [0.15, 0.2) is 5.76 Å². The average Bonchev–Trinajstić information content (AvgIpc) is 3.04. The van der Waals surface area contributed by atoms with E-state index in [1.807, 2.05) is 31.2 Å². The van der Waals surface area contributed by atoms with Gasteiger partial charge in [-0.1, -0.05) is 31.4 Å². The molecular weight excluding hydrogens is 368 g/mol. The van der Waals surface area contributed by atoms with Crippen molar-refractivity contribution in [2.45, 2.75) is 39.0 Å². The van der Waals surface area contributed by atoms with Crippen LogP contribution >= 0.6 is 0 Å². The molecule has 0 aromatic heterocycles. The summed E-state index contributed by atoms with van der Waals surface area (Å²) in [5.41, 5.74) is 2.09. The van der Waals surface area contributed by atoms with E-state index >= 15 is 0 Å². The number of ketones is 1. The van der Waals surface area contributed by atoms with Crippen LogP contribution in [0.1, 0.15) is 53.6 Å². The lowest BCUT2D eigenvalue weighted by atomic mass is 9.89. The SMILES string of the molecule is COc1ccc(/C=C2\Oc3cc(OC(=O)C4CCCCC4)cc(C)c3C2=O)cc1. The van der Waals surface area contributed by atoms with Crippen molar-refractivity contribution in [1.82, 2.24) is 0 Å². The molecule has 2 aliphatic rings. The summed E-state index contributed by atoms with van der Waals surface area (Å²) in [6.45, 7) is 1.83. The maximum absolute atomic E-state index is 12.8. The summed E-state index contributed by atoms with van der Waals surface area (Å²) in [6, 6.07) is 10.7. The number of aryl methyl sites for hydroxylation is 1. The van der Waals surface area contributed by atoms with E-state index in [1.54, 1.807) is 25.3 Å². The molecule has 29 heavy (non-hydrogen) atoms. The topological polar surface area (TPSA) is 61.8 Å². The van der Waals surface area contributed by atoms with Crippen molar-refractivity contribution >= 4 is 17.8 Å². The molecule has 1 saturated carbocycles. The predicted molar refractivity (Wildman–Crippen MR) is 109 cm³/mol.